The van der Waals surface area contributed by atoms with Crippen LogP contribution >= 0.6 is 11.6 Å². The fourth-order valence-electron chi connectivity index (χ4n) is 2.57. The minimum Gasteiger partial charge on any atom is -0.448 e. The smallest absolute Gasteiger partial charge is 0.408 e. The lowest BCUT2D eigenvalue weighted by molar-refractivity contribution is -0.144. The molecule has 1 atom stereocenters. The number of carbonyl (C=O) groups excluding carboxylic acids is 2. The molecule has 1 saturated carbocycles. The first-order valence-electron chi connectivity index (χ1n) is 7.54. The summed E-state index contributed by atoms with van der Waals surface area (Å²) < 4.78 is 10.0. The summed E-state index contributed by atoms with van der Waals surface area (Å²) in [6, 6.07) is -0.905. The van der Waals surface area contributed by atoms with Gasteiger partial charge in [0.2, 0.25) is 0 Å². The van der Waals surface area contributed by atoms with Crippen molar-refractivity contribution in [3.8, 4) is 0 Å². The van der Waals surface area contributed by atoms with Crippen LogP contribution < -0.4 is 5.32 Å². The van der Waals surface area contributed by atoms with Crippen LogP contribution in [0.4, 0.5) is 4.79 Å². The number of halogens is 1. The average Bonchev–Trinajstić information content (AvgIpc) is 2.37. The van der Waals surface area contributed by atoms with Gasteiger partial charge in [0.25, 0.3) is 0 Å². The first-order valence-corrected chi connectivity index (χ1v) is 8.07. The molecular weight excluding hydrogens is 294 g/mol. The summed E-state index contributed by atoms with van der Waals surface area (Å²) in [5, 5.41) is 2.61. The molecule has 1 rings (SSSR count). The summed E-state index contributed by atoms with van der Waals surface area (Å²) in [6.07, 6.45) is 5.74. The molecule has 1 N–H and O–H groups in total. The van der Waals surface area contributed by atoms with E-state index in [2.05, 4.69) is 5.32 Å². The first kappa shape index (κ1) is 18.1. The molecule has 0 bridgehead atoms. The van der Waals surface area contributed by atoms with E-state index in [0.717, 1.165) is 12.8 Å². The number of carbonyl (C=O) groups is 2. The lowest BCUT2D eigenvalue weighted by atomic mass is 9.85. The van der Waals surface area contributed by atoms with Gasteiger partial charge in [0.15, 0.2) is 6.07 Å². The van der Waals surface area contributed by atoms with Crippen LogP contribution in [0.1, 0.15) is 59.3 Å². The van der Waals surface area contributed by atoms with Crippen LogP contribution in [0, 0.1) is 5.92 Å². The second kappa shape index (κ2) is 8.47. The Balaban J connectivity index is 2.58. The molecule has 0 aromatic rings. The highest BCUT2D eigenvalue weighted by Crippen LogP contribution is 2.27. The van der Waals surface area contributed by atoms with Crippen LogP contribution in [-0.2, 0) is 14.3 Å². The quantitative estimate of drug-likeness (QED) is 0.621. The molecule has 1 fully saturated rings. The number of rotatable bonds is 5. The van der Waals surface area contributed by atoms with Crippen LogP contribution in [0.2, 0.25) is 0 Å². The Kier molecular flexibility index (Phi) is 7.29. The van der Waals surface area contributed by atoms with E-state index in [-0.39, 0.29) is 6.07 Å². The number of ether oxygens (including phenoxy) is 2. The number of alkyl carbamates (subject to hydrolysis) is 1. The van der Waals surface area contributed by atoms with Gasteiger partial charge in [-0.15, -0.1) is 0 Å². The predicted molar refractivity (Wildman–Crippen MR) is 81.2 cm³/mol. The SMILES string of the molecule is CC(C)(C)OC(=O)N[C@H](CC1CCCCC1)C(=O)OCCl. The van der Waals surface area contributed by atoms with Gasteiger partial charge in [-0.1, -0.05) is 43.7 Å². The van der Waals surface area contributed by atoms with Gasteiger partial charge < -0.3 is 14.8 Å². The Morgan fingerprint density at radius 3 is 2.38 bits per heavy atom. The summed E-state index contributed by atoms with van der Waals surface area (Å²) in [5.74, 6) is -0.0667. The molecule has 122 valence electrons. The zero-order valence-electron chi connectivity index (χ0n) is 13.1. The first-order chi connectivity index (χ1) is 9.81. The van der Waals surface area contributed by atoms with Crippen LogP contribution in [0.15, 0.2) is 0 Å². The van der Waals surface area contributed by atoms with Crippen molar-refractivity contribution in [3.05, 3.63) is 0 Å². The van der Waals surface area contributed by atoms with Gasteiger partial charge in [0.1, 0.15) is 11.6 Å². The molecular formula is C15H26ClNO4. The van der Waals surface area contributed by atoms with E-state index in [0.29, 0.717) is 12.3 Å². The van der Waals surface area contributed by atoms with E-state index in [9.17, 15) is 9.59 Å². The minimum atomic E-state index is -0.693. The molecule has 0 aromatic heterocycles. The predicted octanol–water partition coefficient (Wildman–Crippen LogP) is 3.59. The fraction of sp³-hybridized carbons (Fsp3) is 0.867. The number of hydrogen-bond acceptors (Lipinski definition) is 4. The van der Waals surface area contributed by atoms with Gasteiger partial charge in [0.05, 0.1) is 0 Å². The maximum atomic E-state index is 11.9. The maximum absolute atomic E-state index is 11.9. The Labute approximate surface area is 131 Å². The van der Waals surface area contributed by atoms with Gasteiger partial charge in [-0.2, -0.15) is 0 Å². The normalized spacial score (nSPS) is 17.9. The van der Waals surface area contributed by atoms with Crippen molar-refractivity contribution in [1.29, 1.82) is 0 Å². The highest BCUT2D eigenvalue weighted by molar-refractivity contribution is 6.17. The standard InChI is InChI=1S/C15H26ClNO4/c1-15(2,3)21-14(19)17-12(13(18)20-10-16)9-11-7-5-4-6-8-11/h11-12H,4-10H2,1-3H3,(H,17,19)/t12-/m1/s1. The van der Waals surface area contributed by atoms with E-state index in [1.165, 1.54) is 19.3 Å². The van der Waals surface area contributed by atoms with Gasteiger partial charge in [-0.05, 0) is 33.1 Å². The molecule has 0 radical (unpaired) electrons. The summed E-state index contributed by atoms with van der Waals surface area (Å²) in [6.45, 7) is 5.33. The molecule has 5 nitrogen and oxygen atoms in total. The maximum Gasteiger partial charge on any atom is 0.408 e. The second-order valence-electron chi connectivity index (χ2n) is 6.51. The molecule has 1 aliphatic rings. The van der Waals surface area contributed by atoms with Crippen molar-refractivity contribution in [3.63, 3.8) is 0 Å². The average molecular weight is 320 g/mol. The molecule has 1 amide bonds. The Morgan fingerprint density at radius 2 is 1.86 bits per heavy atom. The van der Waals surface area contributed by atoms with E-state index >= 15 is 0 Å². The summed E-state index contributed by atoms with van der Waals surface area (Å²) in [5.41, 5.74) is -0.601. The van der Waals surface area contributed by atoms with Gasteiger partial charge in [0, 0.05) is 0 Å². The van der Waals surface area contributed by atoms with E-state index in [1.54, 1.807) is 20.8 Å². The summed E-state index contributed by atoms with van der Waals surface area (Å²) >= 11 is 5.44. The van der Waals surface area contributed by atoms with Gasteiger partial charge >= 0.3 is 12.1 Å². The number of hydrogen-bond donors (Lipinski definition) is 1. The lowest BCUT2D eigenvalue weighted by Gasteiger charge is -2.27. The fourth-order valence-corrected chi connectivity index (χ4v) is 2.68. The lowest BCUT2D eigenvalue weighted by Crippen LogP contribution is -2.45. The summed E-state index contributed by atoms with van der Waals surface area (Å²) in [7, 11) is 0. The topological polar surface area (TPSA) is 64.6 Å². The molecule has 0 aromatic carbocycles. The van der Waals surface area contributed by atoms with Gasteiger partial charge in [-0.3, -0.25) is 0 Å². The molecule has 1 aliphatic carbocycles. The van der Waals surface area contributed by atoms with Crippen molar-refractivity contribution in [2.45, 2.75) is 70.9 Å². The molecule has 0 spiro atoms. The van der Waals surface area contributed by atoms with Crippen LogP contribution in [0.5, 0.6) is 0 Å². The number of amides is 1. The van der Waals surface area contributed by atoms with Crippen molar-refractivity contribution in [1.82, 2.24) is 5.32 Å². The van der Waals surface area contributed by atoms with Crippen LogP contribution in [0.25, 0.3) is 0 Å². The Bertz CT molecular complexity index is 348. The summed E-state index contributed by atoms with van der Waals surface area (Å²) in [4.78, 5) is 23.8. The largest absolute Gasteiger partial charge is 0.448 e. The Morgan fingerprint density at radius 1 is 1.24 bits per heavy atom. The molecule has 0 aliphatic heterocycles. The zero-order chi connectivity index (χ0) is 15.9. The molecule has 0 unspecified atom stereocenters. The van der Waals surface area contributed by atoms with Crippen molar-refractivity contribution in [2.24, 2.45) is 5.92 Å². The minimum absolute atomic E-state index is 0.212. The zero-order valence-corrected chi connectivity index (χ0v) is 13.9. The molecule has 21 heavy (non-hydrogen) atoms. The number of alkyl halides is 1. The van der Waals surface area contributed by atoms with E-state index in [1.807, 2.05) is 0 Å². The molecule has 0 heterocycles. The van der Waals surface area contributed by atoms with Crippen LogP contribution in [-0.4, -0.2) is 29.8 Å². The molecule has 6 heteroatoms. The van der Waals surface area contributed by atoms with Gasteiger partial charge in [-0.25, -0.2) is 9.59 Å². The Hall–Kier alpha value is -0.970. The van der Waals surface area contributed by atoms with Crippen molar-refractivity contribution in [2.75, 3.05) is 6.07 Å². The number of nitrogens with one attached hydrogen (secondary N) is 1. The van der Waals surface area contributed by atoms with Crippen molar-refractivity contribution < 1.29 is 19.1 Å². The van der Waals surface area contributed by atoms with Crippen LogP contribution in [0.3, 0.4) is 0 Å². The third-order valence-corrected chi connectivity index (χ3v) is 3.58. The van der Waals surface area contributed by atoms with E-state index in [4.69, 9.17) is 21.1 Å². The highest BCUT2D eigenvalue weighted by atomic mass is 35.5. The van der Waals surface area contributed by atoms with E-state index < -0.39 is 23.7 Å². The highest BCUT2D eigenvalue weighted by Gasteiger charge is 2.28. The third kappa shape index (κ3) is 7.55. The molecule has 0 saturated heterocycles. The third-order valence-electron chi connectivity index (χ3n) is 3.47. The monoisotopic (exact) mass is 319 g/mol. The van der Waals surface area contributed by atoms with Crippen molar-refractivity contribution >= 4 is 23.7 Å². The number of esters is 1. The second-order valence-corrected chi connectivity index (χ2v) is 6.73.